The summed E-state index contributed by atoms with van der Waals surface area (Å²) in [4.78, 5) is 25.8. The number of hydrogen-bond acceptors (Lipinski definition) is 5. The van der Waals surface area contributed by atoms with Gasteiger partial charge in [0.2, 0.25) is 5.76 Å². The van der Waals surface area contributed by atoms with Gasteiger partial charge < -0.3 is 18.8 Å². The minimum absolute atomic E-state index is 0.0849. The third kappa shape index (κ3) is 4.37. The maximum atomic E-state index is 13.8. The van der Waals surface area contributed by atoms with E-state index in [1.165, 1.54) is 49.4 Å². The molecule has 0 N–H and O–H groups in total. The number of carbonyl (C=O) groups is 2. The van der Waals surface area contributed by atoms with E-state index in [0.717, 1.165) is 0 Å². The minimum atomic E-state index is -0.823. The standard InChI is InChI=1S/C21H19F2NO5/c1-12-15-9-14(22)5-7-17(15)29-20(12)21(26)28-11-19(25)24(2)10-13-4-6-18(27-3)16(23)8-13/h4-9H,10-11H2,1-3H3. The van der Waals surface area contributed by atoms with E-state index in [1.54, 1.807) is 13.0 Å². The summed E-state index contributed by atoms with van der Waals surface area (Å²) in [5.41, 5.74) is 1.33. The molecule has 8 heteroatoms. The van der Waals surface area contributed by atoms with Crippen LogP contribution in [-0.4, -0.2) is 37.5 Å². The molecule has 1 aromatic heterocycles. The van der Waals surface area contributed by atoms with Crippen LogP contribution >= 0.6 is 0 Å². The van der Waals surface area contributed by atoms with E-state index in [1.807, 2.05) is 0 Å². The molecule has 0 spiro atoms. The number of amides is 1. The van der Waals surface area contributed by atoms with Gasteiger partial charge in [0.1, 0.15) is 11.4 Å². The van der Waals surface area contributed by atoms with E-state index in [4.69, 9.17) is 13.9 Å². The Morgan fingerprint density at radius 1 is 1.14 bits per heavy atom. The second-order valence-electron chi connectivity index (χ2n) is 6.49. The number of aryl methyl sites for hydroxylation is 1. The molecule has 0 saturated heterocycles. The van der Waals surface area contributed by atoms with Gasteiger partial charge in [0.25, 0.3) is 5.91 Å². The summed E-state index contributed by atoms with van der Waals surface area (Å²) in [7, 11) is 2.87. The second-order valence-corrected chi connectivity index (χ2v) is 6.49. The van der Waals surface area contributed by atoms with Gasteiger partial charge in [-0.2, -0.15) is 0 Å². The summed E-state index contributed by atoms with van der Waals surface area (Å²) in [5.74, 6) is -2.26. The fourth-order valence-corrected chi connectivity index (χ4v) is 2.86. The number of carbonyl (C=O) groups excluding carboxylic acids is 2. The Labute approximate surface area is 165 Å². The molecule has 0 aliphatic carbocycles. The molecule has 0 atom stereocenters. The van der Waals surface area contributed by atoms with Gasteiger partial charge in [0, 0.05) is 24.5 Å². The van der Waals surface area contributed by atoms with Crippen LogP contribution in [0.4, 0.5) is 8.78 Å². The Hall–Kier alpha value is -3.42. The number of esters is 1. The zero-order valence-corrected chi connectivity index (χ0v) is 16.1. The third-order valence-electron chi connectivity index (χ3n) is 4.47. The smallest absolute Gasteiger partial charge is 0.375 e. The predicted molar refractivity (Wildman–Crippen MR) is 101 cm³/mol. The molecule has 0 bridgehead atoms. The number of methoxy groups -OCH3 is 1. The zero-order valence-electron chi connectivity index (χ0n) is 16.1. The highest BCUT2D eigenvalue weighted by Gasteiger charge is 2.21. The number of ether oxygens (including phenoxy) is 2. The van der Waals surface area contributed by atoms with Crippen LogP contribution in [0.5, 0.6) is 5.75 Å². The first-order chi connectivity index (χ1) is 13.8. The molecule has 0 saturated carbocycles. The molecule has 29 heavy (non-hydrogen) atoms. The summed E-state index contributed by atoms with van der Waals surface area (Å²) in [6.07, 6.45) is 0. The maximum absolute atomic E-state index is 13.8. The SMILES string of the molecule is COc1ccc(CN(C)C(=O)COC(=O)c2oc3ccc(F)cc3c2C)cc1F. The highest BCUT2D eigenvalue weighted by molar-refractivity contribution is 5.96. The molecule has 0 aliphatic rings. The van der Waals surface area contributed by atoms with Gasteiger partial charge in [0.15, 0.2) is 18.2 Å². The number of benzene rings is 2. The Balaban J connectivity index is 1.62. The van der Waals surface area contributed by atoms with Crippen LogP contribution in [0.2, 0.25) is 0 Å². The highest BCUT2D eigenvalue weighted by Crippen LogP contribution is 2.26. The highest BCUT2D eigenvalue weighted by atomic mass is 19.1. The summed E-state index contributed by atoms with van der Waals surface area (Å²) < 4.78 is 42.5. The van der Waals surface area contributed by atoms with Crippen LogP contribution in [0.25, 0.3) is 11.0 Å². The van der Waals surface area contributed by atoms with Crippen molar-refractivity contribution in [2.45, 2.75) is 13.5 Å². The van der Waals surface area contributed by atoms with Crippen LogP contribution < -0.4 is 4.74 Å². The number of hydrogen-bond donors (Lipinski definition) is 0. The van der Waals surface area contributed by atoms with E-state index in [2.05, 4.69) is 0 Å². The summed E-state index contributed by atoms with van der Waals surface area (Å²) in [6.45, 7) is 1.22. The zero-order chi connectivity index (χ0) is 21.1. The van der Waals surface area contributed by atoms with Gasteiger partial charge in [-0.1, -0.05) is 6.07 Å². The number of rotatable bonds is 6. The quantitative estimate of drug-likeness (QED) is 0.585. The van der Waals surface area contributed by atoms with Crippen molar-refractivity contribution in [2.75, 3.05) is 20.8 Å². The maximum Gasteiger partial charge on any atom is 0.375 e. The van der Waals surface area contributed by atoms with Crippen LogP contribution in [0.15, 0.2) is 40.8 Å². The monoisotopic (exact) mass is 403 g/mol. The van der Waals surface area contributed by atoms with Gasteiger partial charge in [0.05, 0.1) is 7.11 Å². The van der Waals surface area contributed by atoms with Crippen LogP contribution in [0.3, 0.4) is 0 Å². The molecule has 0 radical (unpaired) electrons. The largest absolute Gasteiger partial charge is 0.494 e. The molecule has 0 aliphatic heterocycles. The van der Waals surface area contributed by atoms with Crippen LogP contribution in [0.1, 0.15) is 21.7 Å². The Morgan fingerprint density at radius 2 is 1.90 bits per heavy atom. The molecule has 3 aromatic rings. The molecule has 1 heterocycles. The summed E-state index contributed by atoms with van der Waals surface area (Å²) in [5, 5.41) is 0.460. The average molecular weight is 403 g/mol. The van der Waals surface area contributed by atoms with E-state index in [9.17, 15) is 18.4 Å². The number of furan rings is 1. The number of likely N-dealkylation sites (N-methyl/N-ethyl adjacent to an activating group) is 1. The van der Waals surface area contributed by atoms with Gasteiger partial charge in [-0.05, 0) is 42.8 Å². The van der Waals surface area contributed by atoms with Crippen molar-refractivity contribution in [3.63, 3.8) is 0 Å². The van der Waals surface area contributed by atoms with E-state index < -0.39 is 30.1 Å². The van der Waals surface area contributed by atoms with E-state index in [0.29, 0.717) is 22.1 Å². The molecular formula is C21H19F2NO5. The van der Waals surface area contributed by atoms with Crippen molar-refractivity contribution in [3.05, 3.63) is 64.9 Å². The Bertz CT molecular complexity index is 1080. The fraction of sp³-hybridized carbons (Fsp3) is 0.238. The lowest BCUT2D eigenvalue weighted by molar-refractivity contribution is -0.133. The van der Waals surface area contributed by atoms with Gasteiger partial charge >= 0.3 is 5.97 Å². The molecule has 2 aromatic carbocycles. The third-order valence-corrected chi connectivity index (χ3v) is 4.47. The van der Waals surface area contributed by atoms with Crippen LogP contribution in [0, 0.1) is 18.6 Å². The first kappa shape index (κ1) is 20.3. The second kappa shape index (κ2) is 8.30. The molecule has 152 valence electrons. The van der Waals surface area contributed by atoms with Crippen molar-refractivity contribution in [2.24, 2.45) is 0 Å². The van der Waals surface area contributed by atoms with Crippen molar-refractivity contribution in [1.82, 2.24) is 4.90 Å². The van der Waals surface area contributed by atoms with Crippen LogP contribution in [-0.2, 0) is 16.1 Å². The number of fused-ring (bicyclic) bond motifs is 1. The van der Waals surface area contributed by atoms with Gasteiger partial charge in [-0.3, -0.25) is 4.79 Å². The molecule has 0 unspecified atom stereocenters. The van der Waals surface area contributed by atoms with E-state index >= 15 is 0 Å². The molecular weight excluding hydrogens is 384 g/mol. The first-order valence-corrected chi connectivity index (χ1v) is 8.72. The lowest BCUT2D eigenvalue weighted by atomic mass is 10.1. The summed E-state index contributed by atoms with van der Waals surface area (Å²) >= 11 is 0. The molecule has 6 nitrogen and oxygen atoms in total. The first-order valence-electron chi connectivity index (χ1n) is 8.72. The fourth-order valence-electron chi connectivity index (χ4n) is 2.86. The van der Waals surface area contributed by atoms with Gasteiger partial charge in [-0.25, -0.2) is 13.6 Å². The normalized spacial score (nSPS) is 10.8. The van der Waals surface area contributed by atoms with Crippen molar-refractivity contribution < 1.29 is 32.3 Å². The lowest BCUT2D eigenvalue weighted by Gasteiger charge is -2.17. The minimum Gasteiger partial charge on any atom is -0.494 e. The Morgan fingerprint density at radius 3 is 2.59 bits per heavy atom. The average Bonchev–Trinajstić information content (AvgIpc) is 3.02. The van der Waals surface area contributed by atoms with Crippen molar-refractivity contribution in [3.8, 4) is 5.75 Å². The number of halogens is 2. The topological polar surface area (TPSA) is 69.0 Å². The molecule has 3 rings (SSSR count). The predicted octanol–water partition coefficient (Wildman–Crippen LogP) is 3.84. The van der Waals surface area contributed by atoms with E-state index in [-0.39, 0.29) is 18.1 Å². The van der Waals surface area contributed by atoms with Crippen molar-refractivity contribution in [1.29, 1.82) is 0 Å². The summed E-state index contributed by atoms with van der Waals surface area (Å²) in [6, 6.07) is 8.27. The molecule has 0 fully saturated rings. The lowest BCUT2D eigenvalue weighted by Crippen LogP contribution is -2.30. The number of nitrogens with zero attached hydrogens (tertiary/aromatic N) is 1. The van der Waals surface area contributed by atoms with Crippen molar-refractivity contribution >= 4 is 22.8 Å². The Kier molecular flexibility index (Phi) is 5.81. The van der Waals surface area contributed by atoms with Gasteiger partial charge in [-0.15, -0.1) is 0 Å². The molecule has 1 amide bonds.